The normalized spacial score (nSPS) is 11.6. The van der Waals surface area contributed by atoms with Crippen molar-refractivity contribution < 1.29 is 24.2 Å². The summed E-state index contributed by atoms with van der Waals surface area (Å²) in [7, 11) is 0. The molecule has 34 heavy (non-hydrogen) atoms. The molecule has 3 aromatic rings. The minimum absolute atomic E-state index is 0.144. The number of rotatable bonds is 9. The van der Waals surface area contributed by atoms with E-state index in [1.165, 1.54) is 0 Å². The molecule has 0 spiro atoms. The number of hydrogen-bond acceptors (Lipinski definition) is 5. The smallest absolute Gasteiger partial charge is 0.335 e. The zero-order valence-corrected chi connectivity index (χ0v) is 19.4. The Bertz CT molecular complexity index is 1290. The van der Waals surface area contributed by atoms with E-state index >= 15 is 0 Å². The van der Waals surface area contributed by atoms with Crippen molar-refractivity contribution in [2.75, 3.05) is 11.9 Å². The first kappa shape index (κ1) is 24.5. The lowest BCUT2D eigenvalue weighted by Crippen LogP contribution is -2.24. The lowest BCUT2D eigenvalue weighted by molar-refractivity contribution is -0.143. The number of aryl methyl sites for hydroxylation is 2. The van der Waals surface area contributed by atoms with Crippen molar-refractivity contribution in [3.05, 3.63) is 64.8 Å². The summed E-state index contributed by atoms with van der Waals surface area (Å²) in [6.07, 6.45) is 3.16. The maximum Gasteiger partial charge on any atom is 0.335 e. The van der Waals surface area contributed by atoms with Gasteiger partial charge in [-0.1, -0.05) is 12.1 Å². The number of amides is 1. The van der Waals surface area contributed by atoms with Crippen LogP contribution in [0.1, 0.15) is 59.8 Å². The third kappa shape index (κ3) is 5.44. The number of aromatic nitrogens is 1. The first-order valence-corrected chi connectivity index (χ1v) is 11.1. The van der Waals surface area contributed by atoms with Crippen molar-refractivity contribution in [1.29, 1.82) is 5.26 Å². The molecule has 1 heterocycles. The molecule has 0 saturated carbocycles. The summed E-state index contributed by atoms with van der Waals surface area (Å²) < 4.78 is 6.71. The molecule has 176 valence electrons. The van der Waals surface area contributed by atoms with Gasteiger partial charge in [-0.25, -0.2) is 4.79 Å². The van der Waals surface area contributed by atoms with Crippen LogP contribution in [0.3, 0.4) is 0 Å². The van der Waals surface area contributed by atoms with Gasteiger partial charge in [0.25, 0.3) is 0 Å². The molecule has 0 aliphatic heterocycles. The summed E-state index contributed by atoms with van der Waals surface area (Å²) in [4.78, 5) is 36.3. The molecule has 2 aromatic carbocycles. The van der Waals surface area contributed by atoms with E-state index in [-0.39, 0.29) is 23.9 Å². The van der Waals surface area contributed by atoms with E-state index in [9.17, 15) is 24.8 Å². The number of hydrogen-bond donors (Lipinski definition) is 2. The highest BCUT2D eigenvalue weighted by Crippen LogP contribution is 2.27. The first-order valence-electron chi connectivity index (χ1n) is 11.1. The molecule has 0 bridgehead atoms. The lowest BCUT2D eigenvalue weighted by atomic mass is 10.0. The Balaban J connectivity index is 1.84. The lowest BCUT2D eigenvalue weighted by Gasteiger charge is -2.18. The maximum absolute atomic E-state index is 13.2. The van der Waals surface area contributed by atoms with Crippen LogP contribution >= 0.6 is 0 Å². The standard InChI is InChI=1S/C26H27N3O5/c1-4-34-24(30)7-5-6-19-9-8-18(14-27)12-22(19)28-25(31)17(3)29-15-16(2)21-11-10-20(26(32)33)13-23(21)29/h8-13,15,17H,4-7H2,1-3H3,(H,28,31)(H,32,33). The van der Waals surface area contributed by atoms with Gasteiger partial charge in [-0.15, -0.1) is 0 Å². The molecular weight excluding hydrogens is 434 g/mol. The Morgan fingerprint density at radius 2 is 1.97 bits per heavy atom. The molecule has 8 heteroatoms. The summed E-state index contributed by atoms with van der Waals surface area (Å²) in [5.74, 6) is -1.62. The average molecular weight is 462 g/mol. The molecule has 0 aliphatic carbocycles. The molecular formula is C26H27N3O5. The van der Waals surface area contributed by atoms with E-state index in [0.717, 1.165) is 16.5 Å². The number of carbonyl (C=O) groups excluding carboxylic acids is 2. The minimum Gasteiger partial charge on any atom is -0.478 e. The fourth-order valence-corrected chi connectivity index (χ4v) is 3.88. The molecule has 3 rings (SSSR count). The van der Waals surface area contributed by atoms with Gasteiger partial charge in [-0.2, -0.15) is 5.26 Å². The maximum atomic E-state index is 13.2. The molecule has 1 unspecified atom stereocenters. The second-order valence-corrected chi connectivity index (χ2v) is 8.06. The van der Waals surface area contributed by atoms with Crippen LogP contribution in [0.25, 0.3) is 10.9 Å². The molecule has 0 aliphatic rings. The van der Waals surface area contributed by atoms with Gasteiger partial charge in [-0.3, -0.25) is 9.59 Å². The number of nitrogens with zero attached hydrogens (tertiary/aromatic N) is 2. The number of ether oxygens (including phenoxy) is 1. The summed E-state index contributed by atoms with van der Waals surface area (Å²) in [5, 5.41) is 22.4. The van der Waals surface area contributed by atoms with Crippen molar-refractivity contribution >= 4 is 34.4 Å². The monoisotopic (exact) mass is 461 g/mol. The zero-order valence-electron chi connectivity index (χ0n) is 19.4. The van der Waals surface area contributed by atoms with E-state index in [2.05, 4.69) is 11.4 Å². The van der Waals surface area contributed by atoms with E-state index in [0.29, 0.717) is 36.2 Å². The Morgan fingerprint density at radius 1 is 1.21 bits per heavy atom. The first-order chi connectivity index (χ1) is 16.2. The van der Waals surface area contributed by atoms with Crippen molar-refractivity contribution in [2.24, 2.45) is 0 Å². The average Bonchev–Trinajstić information content (AvgIpc) is 3.15. The van der Waals surface area contributed by atoms with Gasteiger partial charge in [0.05, 0.1) is 23.8 Å². The minimum atomic E-state index is -1.04. The summed E-state index contributed by atoms with van der Waals surface area (Å²) in [6, 6.07) is 11.4. The predicted octanol–water partition coefficient (Wildman–Crippen LogP) is 4.61. The van der Waals surface area contributed by atoms with Gasteiger partial charge < -0.3 is 19.7 Å². The number of carboxylic acids is 1. The number of carboxylic acid groups (broad SMARTS) is 1. The summed E-state index contributed by atoms with van der Waals surface area (Å²) in [5.41, 5.74) is 3.46. The van der Waals surface area contributed by atoms with Gasteiger partial charge in [-0.05, 0) is 69.0 Å². The number of anilines is 1. The molecule has 8 nitrogen and oxygen atoms in total. The summed E-state index contributed by atoms with van der Waals surface area (Å²) in [6.45, 7) is 5.72. The van der Waals surface area contributed by atoms with E-state index in [1.54, 1.807) is 54.8 Å². The highest BCUT2D eigenvalue weighted by atomic mass is 16.5. The fraction of sp³-hybridized carbons (Fsp3) is 0.308. The number of benzene rings is 2. The number of nitrogens with one attached hydrogen (secondary N) is 1. The van der Waals surface area contributed by atoms with E-state index < -0.39 is 12.0 Å². The fourth-order valence-electron chi connectivity index (χ4n) is 3.88. The molecule has 0 fully saturated rings. The second-order valence-electron chi connectivity index (χ2n) is 8.06. The van der Waals surface area contributed by atoms with Gasteiger partial charge in [0, 0.05) is 29.2 Å². The molecule has 1 atom stereocenters. The van der Waals surface area contributed by atoms with Crippen LogP contribution in [-0.4, -0.2) is 34.1 Å². The number of aromatic carboxylic acids is 1. The van der Waals surface area contributed by atoms with Crippen molar-refractivity contribution in [3.8, 4) is 6.07 Å². The molecule has 2 N–H and O–H groups in total. The number of fused-ring (bicyclic) bond motifs is 1. The van der Waals surface area contributed by atoms with Gasteiger partial charge in [0.1, 0.15) is 6.04 Å². The van der Waals surface area contributed by atoms with Crippen molar-refractivity contribution in [1.82, 2.24) is 4.57 Å². The third-order valence-electron chi connectivity index (χ3n) is 5.71. The summed E-state index contributed by atoms with van der Waals surface area (Å²) >= 11 is 0. The molecule has 1 amide bonds. The van der Waals surface area contributed by atoms with Crippen LogP contribution in [0.2, 0.25) is 0 Å². The number of nitriles is 1. The Morgan fingerprint density at radius 3 is 2.65 bits per heavy atom. The van der Waals surface area contributed by atoms with E-state index in [1.807, 2.05) is 13.1 Å². The van der Waals surface area contributed by atoms with Crippen molar-refractivity contribution in [3.63, 3.8) is 0 Å². The predicted molar refractivity (Wildman–Crippen MR) is 128 cm³/mol. The molecule has 1 aromatic heterocycles. The van der Waals surface area contributed by atoms with Crippen LogP contribution in [-0.2, 0) is 20.7 Å². The van der Waals surface area contributed by atoms with Gasteiger partial charge >= 0.3 is 11.9 Å². The highest BCUT2D eigenvalue weighted by Gasteiger charge is 2.20. The van der Waals surface area contributed by atoms with Crippen molar-refractivity contribution in [2.45, 2.75) is 46.1 Å². The van der Waals surface area contributed by atoms with Gasteiger partial charge in [0.15, 0.2) is 0 Å². The van der Waals surface area contributed by atoms with Crippen LogP contribution in [0.4, 0.5) is 5.69 Å². The van der Waals surface area contributed by atoms with Crippen LogP contribution in [0.15, 0.2) is 42.6 Å². The third-order valence-corrected chi connectivity index (χ3v) is 5.71. The number of esters is 1. The molecule has 0 saturated heterocycles. The topological polar surface area (TPSA) is 121 Å². The molecule has 0 radical (unpaired) electrons. The second kappa shape index (κ2) is 10.7. The Kier molecular flexibility index (Phi) is 7.69. The largest absolute Gasteiger partial charge is 0.478 e. The SMILES string of the molecule is CCOC(=O)CCCc1ccc(C#N)cc1NC(=O)C(C)n1cc(C)c2ccc(C(=O)O)cc21. The van der Waals surface area contributed by atoms with Crippen LogP contribution in [0, 0.1) is 18.3 Å². The number of carbonyl (C=O) groups is 3. The zero-order chi connectivity index (χ0) is 24.8. The van der Waals surface area contributed by atoms with E-state index in [4.69, 9.17) is 4.74 Å². The Hall–Kier alpha value is -4.12. The van der Waals surface area contributed by atoms with Crippen LogP contribution in [0.5, 0.6) is 0 Å². The quantitative estimate of drug-likeness (QED) is 0.449. The van der Waals surface area contributed by atoms with Crippen LogP contribution < -0.4 is 5.32 Å². The van der Waals surface area contributed by atoms with Gasteiger partial charge in [0.2, 0.25) is 5.91 Å². The highest BCUT2D eigenvalue weighted by molar-refractivity contribution is 5.98. The Labute approximate surface area is 197 Å².